The topological polar surface area (TPSA) is 46.3 Å². The Morgan fingerprint density at radius 3 is 2.88 bits per heavy atom. The van der Waals surface area contributed by atoms with Crippen LogP contribution in [0.3, 0.4) is 0 Å². The highest BCUT2D eigenvalue weighted by molar-refractivity contribution is 9.10. The first-order chi connectivity index (χ1) is 8.04. The van der Waals surface area contributed by atoms with E-state index in [9.17, 15) is 4.79 Å². The second-order valence-electron chi connectivity index (χ2n) is 4.50. The second-order valence-corrected chi connectivity index (χ2v) is 5.41. The smallest absolute Gasteiger partial charge is 0.224 e. The monoisotopic (exact) mass is 296 g/mol. The Morgan fingerprint density at radius 2 is 2.29 bits per heavy atom. The van der Waals surface area contributed by atoms with E-state index < -0.39 is 0 Å². The fourth-order valence-electron chi connectivity index (χ4n) is 2.54. The number of anilines is 1. The van der Waals surface area contributed by atoms with Crippen molar-refractivity contribution >= 4 is 27.5 Å². The second kappa shape index (κ2) is 4.78. The molecule has 1 aromatic rings. The van der Waals surface area contributed by atoms with Gasteiger partial charge in [0.2, 0.25) is 5.91 Å². The maximum Gasteiger partial charge on any atom is 0.224 e. The van der Waals surface area contributed by atoms with Gasteiger partial charge >= 0.3 is 0 Å². The fourth-order valence-corrected chi connectivity index (χ4v) is 2.92. The van der Waals surface area contributed by atoms with Crippen molar-refractivity contribution in [3.63, 3.8) is 0 Å². The minimum absolute atomic E-state index is 0.0167. The summed E-state index contributed by atoms with van der Waals surface area (Å²) in [6.07, 6.45) is 1.77. The van der Waals surface area contributed by atoms with E-state index in [1.54, 1.807) is 6.92 Å². The number of hydrogen-bond acceptors (Lipinski definition) is 2. The van der Waals surface area contributed by atoms with Gasteiger partial charge in [-0.3, -0.25) is 4.79 Å². The molecule has 2 atom stereocenters. The summed E-state index contributed by atoms with van der Waals surface area (Å²) in [5.41, 5.74) is 8.20. The van der Waals surface area contributed by atoms with E-state index in [0.29, 0.717) is 0 Å². The molecule has 0 saturated carbocycles. The van der Waals surface area contributed by atoms with Crippen LogP contribution in [-0.4, -0.2) is 11.9 Å². The third-order valence-corrected chi connectivity index (χ3v) is 3.84. The molecule has 17 heavy (non-hydrogen) atoms. The maximum absolute atomic E-state index is 11.8. The van der Waals surface area contributed by atoms with Crippen LogP contribution in [0.25, 0.3) is 0 Å². The maximum atomic E-state index is 11.8. The van der Waals surface area contributed by atoms with E-state index in [-0.39, 0.29) is 18.0 Å². The number of nitrogens with zero attached hydrogens (tertiary/aromatic N) is 1. The number of amides is 1. The van der Waals surface area contributed by atoms with Crippen molar-refractivity contribution in [2.75, 3.05) is 4.90 Å². The molecular formula is C13H17BrN2O. The van der Waals surface area contributed by atoms with Gasteiger partial charge in [-0.15, -0.1) is 0 Å². The van der Waals surface area contributed by atoms with E-state index in [1.165, 1.54) is 0 Å². The van der Waals surface area contributed by atoms with E-state index in [1.807, 2.05) is 23.1 Å². The van der Waals surface area contributed by atoms with Gasteiger partial charge < -0.3 is 10.6 Å². The normalized spacial score (nSPS) is 23.4. The first-order valence-corrected chi connectivity index (χ1v) is 6.68. The summed E-state index contributed by atoms with van der Waals surface area (Å²) in [6.45, 7) is 3.71. The number of fused-ring (bicyclic) bond motifs is 1. The summed E-state index contributed by atoms with van der Waals surface area (Å²) in [6, 6.07) is 6.18. The van der Waals surface area contributed by atoms with Gasteiger partial charge in [0.05, 0.1) is 0 Å². The highest BCUT2D eigenvalue weighted by Gasteiger charge is 2.31. The molecule has 92 valence electrons. The highest BCUT2D eigenvalue weighted by atomic mass is 79.9. The predicted octanol–water partition coefficient (Wildman–Crippen LogP) is 2.98. The lowest BCUT2D eigenvalue weighted by molar-refractivity contribution is -0.117. The minimum atomic E-state index is 0.0167. The number of carbonyl (C=O) groups excluding carboxylic acids is 1. The largest absolute Gasteiger partial charge is 0.324 e. The lowest BCUT2D eigenvalue weighted by atomic mass is 9.90. The Kier molecular flexibility index (Phi) is 3.54. The zero-order chi connectivity index (χ0) is 12.6. The number of halogens is 1. The highest BCUT2D eigenvalue weighted by Crippen LogP contribution is 2.38. The van der Waals surface area contributed by atoms with Gasteiger partial charge in [-0.25, -0.2) is 0 Å². The van der Waals surface area contributed by atoms with Gasteiger partial charge in [-0.05, 0) is 36.6 Å². The molecule has 0 radical (unpaired) electrons. The van der Waals surface area contributed by atoms with Crippen LogP contribution in [0.1, 0.15) is 38.3 Å². The van der Waals surface area contributed by atoms with Crippen LogP contribution in [0.5, 0.6) is 0 Å². The lowest BCUT2D eigenvalue weighted by Gasteiger charge is -2.39. The van der Waals surface area contributed by atoms with Crippen molar-refractivity contribution < 1.29 is 4.79 Å². The Morgan fingerprint density at radius 1 is 1.59 bits per heavy atom. The third kappa shape index (κ3) is 2.24. The summed E-state index contributed by atoms with van der Waals surface area (Å²) in [7, 11) is 0. The standard InChI is InChI=1S/C13H17BrN2O/c1-3-10-7-12(15)11-6-9(14)4-5-13(11)16(10)8(2)17/h4-6,10,12H,3,7,15H2,1-2H3. The van der Waals surface area contributed by atoms with Crippen molar-refractivity contribution in [3.8, 4) is 0 Å². The molecule has 0 spiro atoms. The minimum Gasteiger partial charge on any atom is -0.324 e. The average Bonchev–Trinajstić information content (AvgIpc) is 2.28. The predicted molar refractivity (Wildman–Crippen MR) is 72.9 cm³/mol. The van der Waals surface area contributed by atoms with Crippen molar-refractivity contribution in [1.29, 1.82) is 0 Å². The summed E-state index contributed by atoms with van der Waals surface area (Å²) in [5, 5.41) is 0. The van der Waals surface area contributed by atoms with E-state index in [4.69, 9.17) is 5.73 Å². The lowest BCUT2D eigenvalue weighted by Crippen LogP contribution is -2.44. The van der Waals surface area contributed by atoms with Gasteiger partial charge in [-0.2, -0.15) is 0 Å². The van der Waals surface area contributed by atoms with Gasteiger partial charge in [0.1, 0.15) is 0 Å². The molecule has 0 fully saturated rings. The molecule has 1 aliphatic rings. The van der Waals surface area contributed by atoms with E-state index in [2.05, 4.69) is 22.9 Å². The molecule has 0 aromatic heterocycles. The molecule has 0 saturated heterocycles. The molecule has 0 bridgehead atoms. The molecule has 0 aliphatic carbocycles. The summed E-state index contributed by atoms with van der Waals surface area (Å²) in [4.78, 5) is 13.7. The number of benzene rings is 1. The fraction of sp³-hybridized carbons (Fsp3) is 0.462. The van der Waals surface area contributed by atoms with E-state index in [0.717, 1.165) is 28.6 Å². The number of hydrogen-bond donors (Lipinski definition) is 1. The molecule has 2 rings (SSSR count). The summed E-state index contributed by atoms with van der Waals surface area (Å²) >= 11 is 3.45. The Hall–Kier alpha value is -0.870. The molecule has 3 nitrogen and oxygen atoms in total. The summed E-state index contributed by atoms with van der Waals surface area (Å²) < 4.78 is 1.00. The van der Waals surface area contributed by atoms with Crippen molar-refractivity contribution in [2.24, 2.45) is 5.73 Å². The van der Waals surface area contributed by atoms with Crippen molar-refractivity contribution in [3.05, 3.63) is 28.2 Å². The van der Waals surface area contributed by atoms with Crippen LogP contribution >= 0.6 is 15.9 Å². The SMILES string of the molecule is CCC1CC(N)c2cc(Br)ccc2N1C(C)=O. The summed E-state index contributed by atoms with van der Waals surface area (Å²) in [5.74, 6) is 0.0901. The van der Waals surface area contributed by atoms with Gasteiger partial charge in [-0.1, -0.05) is 22.9 Å². The molecule has 4 heteroatoms. The van der Waals surface area contributed by atoms with Crippen LogP contribution in [0.2, 0.25) is 0 Å². The molecule has 1 aromatic carbocycles. The van der Waals surface area contributed by atoms with Crippen LogP contribution < -0.4 is 10.6 Å². The average molecular weight is 297 g/mol. The quantitative estimate of drug-likeness (QED) is 0.866. The Labute approximate surface area is 110 Å². The first kappa shape index (κ1) is 12.6. The van der Waals surface area contributed by atoms with Crippen LogP contribution in [0.15, 0.2) is 22.7 Å². The number of carbonyl (C=O) groups is 1. The van der Waals surface area contributed by atoms with Crippen molar-refractivity contribution in [2.45, 2.75) is 38.8 Å². The number of nitrogens with two attached hydrogens (primary N) is 1. The zero-order valence-corrected chi connectivity index (χ0v) is 11.7. The zero-order valence-electron chi connectivity index (χ0n) is 10.1. The van der Waals surface area contributed by atoms with Crippen LogP contribution in [0, 0.1) is 0 Å². The number of rotatable bonds is 1. The van der Waals surface area contributed by atoms with Crippen LogP contribution in [-0.2, 0) is 4.79 Å². The molecular weight excluding hydrogens is 280 g/mol. The molecule has 2 N–H and O–H groups in total. The molecule has 2 unspecified atom stereocenters. The molecule has 1 heterocycles. The Bertz CT molecular complexity index is 447. The molecule has 1 amide bonds. The van der Waals surface area contributed by atoms with Gasteiger partial charge in [0.25, 0.3) is 0 Å². The molecule has 1 aliphatic heterocycles. The van der Waals surface area contributed by atoms with Crippen molar-refractivity contribution in [1.82, 2.24) is 0 Å². The van der Waals surface area contributed by atoms with E-state index >= 15 is 0 Å². The van der Waals surface area contributed by atoms with Gasteiger partial charge in [0.15, 0.2) is 0 Å². The van der Waals surface area contributed by atoms with Gasteiger partial charge in [0, 0.05) is 29.2 Å². The Balaban J connectivity index is 2.52. The van der Waals surface area contributed by atoms with Crippen LogP contribution in [0.4, 0.5) is 5.69 Å². The third-order valence-electron chi connectivity index (χ3n) is 3.35. The first-order valence-electron chi connectivity index (χ1n) is 5.89.